The largest absolute Gasteiger partial charge is 0.354 e. The van der Waals surface area contributed by atoms with Crippen LogP contribution in [0.4, 0.5) is 0 Å². The van der Waals surface area contributed by atoms with Gasteiger partial charge in [0.1, 0.15) is 0 Å². The number of carbonyl (C=O) groups excluding carboxylic acids is 2. The third-order valence-electron chi connectivity index (χ3n) is 2.07. The molecule has 2 N–H and O–H groups in total. The molecule has 1 heterocycles. The molecule has 1 aromatic rings. The number of nitrogens with one attached hydrogen (secondary N) is 2. The van der Waals surface area contributed by atoms with E-state index >= 15 is 0 Å². The highest BCUT2D eigenvalue weighted by Gasteiger charge is 2.06. The van der Waals surface area contributed by atoms with Gasteiger partial charge in [-0.3, -0.25) is 9.59 Å². The van der Waals surface area contributed by atoms with Crippen LogP contribution in [-0.2, 0) is 4.79 Å². The van der Waals surface area contributed by atoms with Crippen LogP contribution in [0.25, 0.3) is 0 Å². The predicted octanol–water partition coefficient (Wildman–Crippen LogP) is 1.64. The Kier molecular flexibility index (Phi) is 5.69. The van der Waals surface area contributed by atoms with Crippen molar-refractivity contribution in [2.45, 2.75) is 20.3 Å². The van der Waals surface area contributed by atoms with Crippen LogP contribution in [0.15, 0.2) is 17.5 Å². The summed E-state index contributed by atoms with van der Waals surface area (Å²) in [7, 11) is 0. The molecular weight excluding hydrogens is 236 g/mol. The monoisotopic (exact) mass is 254 g/mol. The van der Waals surface area contributed by atoms with Crippen molar-refractivity contribution in [1.29, 1.82) is 0 Å². The van der Waals surface area contributed by atoms with E-state index in [9.17, 15) is 9.59 Å². The molecule has 1 aromatic heterocycles. The number of rotatable bonds is 6. The lowest BCUT2D eigenvalue weighted by molar-refractivity contribution is -0.121. The van der Waals surface area contributed by atoms with Crippen molar-refractivity contribution in [2.75, 3.05) is 13.1 Å². The van der Waals surface area contributed by atoms with Gasteiger partial charge in [-0.2, -0.15) is 0 Å². The number of hydrogen-bond donors (Lipinski definition) is 2. The van der Waals surface area contributed by atoms with Crippen LogP contribution in [0, 0.1) is 5.92 Å². The minimum absolute atomic E-state index is 0.0328. The molecule has 94 valence electrons. The molecule has 0 saturated carbocycles. The van der Waals surface area contributed by atoms with Gasteiger partial charge in [-0.15, -0.1) is 11.3 Å². The minimum atomic E-state index is -0.0851. The Balaban J connectivity index is 2.12. The fourth-order valence-corrected chi connectivity index (χ4v) is 1.96. The molecule has 0 spiro atoms. The first kappa shape index (κ1) is 13.7. The third kappa shape index (κ3) is 5.49. The molecule has 0 unspecified atom stereocenters. The lowest BCUT2D eigenvalue weighted by atomic mass is 10.1. The average molecular weight is 254 g/mol. The maximum Gasteiger partial charge on any atom is 0.261 e. The van der Waals surface area contributed by atoms with Crippen molar-refractivity contribution < 1.29 is 9.59 Å². The highest BCUT2D eigenvalue weighted by molar-refractivity contribution is 7.12. The SMILES string of the molecule is CC(C)CC(=O)NCCNC(=O)c1cccs1. The molecule has 1 rings (SSSR count). The second-order valence-corrected chi connectivity index (χ2v) is 5.13. The first-order valence-electron chi connectivity index (χ1n) is 5.68. The Morgan fingerprint density at radius 3 is 2.59 bits per heavy atom. The number of thiophene rings is 1. The summed E-state index contributed by atoms with van der Waals surface area (Å²) in [4.78, 5) is 23.5. The van der Waals surface area contributed by atoms with Crippen molar-refractivity contribution >= 4 is 23.2 Å². The molecule has 0 aliphatic carbocycles. The molecule has 0 aromatic carbocycles. The van der Waals surface area contributed by atoms with Crippen molar-refractivity contribution in [3.63, 3.8) is 0 Å². The second kappa shape index (κ2) is 7.06. The van der Waals surface area contributed by atoms with Gasteiger partial charge >= 0.3 is 0 Å². The van der Waals surface area contributed by atoms with E-state index in [0.717, 1.165) is 0 Å². The summed E-state index contributed by atoms with van der Waals surface area (Å²) in [6, 6.07) is 3.61. The lowest BCUT2D eigenvalue weighted by Gasteiger charge is -2.07. The van der Waals surface area contributed by atoms with Crippen molar-refractivity contribution in [2.24, 2.45) is 5.92 Å². The van der Waals surface area contributed by atoms with E-state index in [1.54, 1.807) is 6.07 Å². The summed E-state index contributed by atoms with van der Waals surface area (Å²) in [5.74, 6) is 0.305. The molecular formula is C12H18N2O2S. The predicted molar refractivity (Wildman–Crippen MR) is 69.1 cm³/mol. The summed E-state index contributed by atoms with van der Waals surface area (Å²) in [5.41, 5.74) is 0. The van der Waals surface area contributed by atoms with Crippen LogP contribution >= 0.6 is 11.3 Å². The number of amides is 2. The van der Waals surface area contributed by atoms with Crippen LogP contribution < -0.4 is 10.6 Å². The van der Waals surface area contributed by atoms with E-state index in [0.29, 0.717) is 30.3 Å². The minimum Gasteiger partial charge on any atom is -0.354 e. The number of hydrogen-bond acceptors (Lipinski definition) is 3. The van der Waals surface area contributed by atoms with E-state index in [1.807, 2.05) is 25.3 Å². The quantitative estimate of drug-likeness (QED) is 0.758. The zero-order chi connectivity index (χ0) is 12.7. The Morgan fingerprint density at radius 1 is 1.29 bits per heavy atom. The molecule has 2 amide bonds. The van der Waals surface area contributed by atoms with Gasteiger partial charge in [-0.25, -0.2) is 0 Å². The smallest absolute Gasteiger partial charge is 0.261 e. The van der Waals surface area contributed by atoms with E-state index in [1.165, 1.54) is 11.3 Å². The first-order valence-corrected chi connectivity index (χ1v) is 6.56. The summed E-state index contributed by atoms with van der Waals surface area (Å²) >= 11 is 1.40. The van der Waals surface area contributed by atoms with Gasteiger partial charge in [-0.05, 0) is 17.4 Å². The van der Waals surface area contributed by atoms with E-state index in [2.05, 4.69) is 10.6 Å². The van der Waals surface area contributed by atoms with Crippen LogP contribution in [0.5, 0.6) is 0 Å². The molecule has 4 nitrogen and oxygen atoms in total. The first-order chi connectivity index (χ1) is 8.09. The maximum atomic E-state index is 11.5. The average Bonchev–Trinajstić information content (AvgIpc) is 2.76. The molecule has 0 bridgehead atoms. The zero-order valence-corrected chi connectivity index (χ0v) is 11.0. The van der Waals surface area contributed by atoms with Crippen molar-refractivity contribution in [3.05, 3.63) is 22.4 Å². The molecule has 0 radical (unpaired) electrons. The van der Waals surface area contributed by atoms with Gasteiger partial charge in [0.05, 0.1) is 4.88 Å². The van der Waals surface area contributed by atoms with Gasteiger partial charge in [0.2, 0.25) is 5.91 Å². The Labute approximate surface area is 105 Å². The standard InChI is InChI=1S/C12H18N2O2S/c1-9(2)8-11(15)13-5-6-14-12(16)10-4-3-7-17-10/h3-4,7,9H,5-6,8H2,1-2H3,(H,13,15)(H,14,16). The van der Waals surface area contributed by atoms with E-state index < -0.39 is 0 Å². The summed E-state index contributed by atoms with van der Waals surface area (Å²) in [6.45, 7) is 4.93. The molecule has 0 atom stereocenters. The topological polar surface area (TPSA) is 58.2 Å². The zero-order valence-electron chi connectivity index (χ0n) is 10.2. The fraction of sp³-hybridized carbons (Fsp3) is 0.500. The van der Waals surface area contributed by atoms with Gasteiger partial charge in [-0.1, -0.05) is 19.9 Å². The molecule has 5 heteroatoms. The molecule has 17 heavy (non-hydrogen) atoms. The van der Waals surface area contributed by atoms with Crippen molar-refractivity contribution in [3.8, 4) is 0 Å². The summed E-state index contributed by atoms with van der Waals surface area (Å²) < 4.78 is 0. The lowest BCUT2D eigenvalue weighted by Crippen LogP contribution is -2.34. The molecule has 0 saturated heterocycles. The van der Waals surface area contributed by atoms with Gasteiger partial charge in [0.15, 0.2) is 0 Å². The van der Waals surface area contributed by atoms with Gasteiger partial charge < -0.3 is 10.6 Å². The Hall–Kier alpha value is -1.36. The highest BCUT2D eigenvalue weighted by Crippen LogP contribution is 2.07. The van der Waals surface area contributed by atoms with E-state index in [4.69, 9.17) is 0 Å². The molecule has 0 aliphatic rings. The fourth-order valence-electron chi connectivity index (χ4n) is 1.32. The van der Waals surface area contributed by atoms with Crippen LogP contribution in [-0.4, -0.2) is 24.9 Å². The summed E-state index contributed by atoms with van der Waals surface area (Å²) in [6.07, 6.45) is 0.527. The van der Waals surface area contributed by atoms with Crippen molar-refractivity contribution in [1.82, 2.24) is 10.6 Å². The van der Waals surface area contributed by atoms with Gasteiger partial charge in [0, 0.05) is 19.5 Å². The van der Waals surface area contributed by atoms with Crippen LogP contribution in [0.1, 0.15) is 29.9 Å². The molecule has 0 fully saturated rings. The van der Waals surface area contributed by atoms with Crippen LogP contribution in [0.3, 0.4) is 0 Å². The highest BCUT2D eigenvalue weighted by atomic mass is 32.1. The van der Waals surface area contributed by atoms with Crippen LogP contribution in [0.2, 0.25) is 0 Å². The second-order valence-electron chi connectivity index (χ2n) is 4.18. The maximum absolute atomic E-state index is 11.5. The van der Waals surface area contributed by atoms with E-state index in [-0.39, 0.29) is 11.8 Å². The summed E-state index contributed by atoms with van der Waals surface area (Å²) in [5, 5.41) is 7.38. The molecule has 0 aliphatic heterocycles. The number of carbonyl (C=O) groups is 2. The normalized spacial score (nSPS) is 10.3. The third-order valence-corrected chi connectivity index (χ3v) is 2.94. The Bertz CT molecular complexity index is 361. The van der Waals surface area contributed by atoms with Gasteiger partial charge in [0.25, 0.3) is 5.91 Å². The Morgan fingerprint density at radius 2 is 2.00 bits per heavy atom.